The molecule has 9 heteroatoms. The number of carbonyl (C=O) groups is 1. The Kier molecular flexibility index (Phi) is 5.02. The number of nitrogens with one attached hydrogen (secondary N) is 1. The molecule has 1 aliphatic carbocycles. The summed E-state index contributed by atoms with van der Waals surface area (Å²) in [5.41, 5.74) is 2.15. The van der Waals surface area contributed by atoms with Gasteiger partial charge in [-0.1, -0.05) is 12.1 Å². The van der Waals surface area contributed by atoms with Crippen molar-refractivity contribution < 1.29 is 22.7 Å². The summed E-state index contributed by atoms with van der Waals surface area (Å²) in [6, 6.07) is 9.01. The van der Waals surface area contributed by atoms with Crippen LogP contribution in [0.4, 0.5) is 13.2 Å². The average molecular weight is 423 g/mol. The molecule has 1 aliphatic rings. The third-order valence-electron chi connectivity index (χ3n) is 5.09. The molecule has 1 fully saturated rings. The van der Waals surface area contributed by atoms with Crippen molar-refractivity contribution in [3.8, 4) is 5.06 Å². The lowest BCUT2D eigenvalue weighted by Crippen LogP contribution is -2.27. The second kappa shape index (κ2) is 7.37. The van der Waals surface area contributed by atoms with Crippen molar-refractivity contribution in [2.75, 3.05) is 6.61 Å². The van der Waals surface area contributed by atoms with Crippen molar-refractivity contribution in [2.45, 2.75) is 31.5 Å². The van der Waals surface area contributed by atoms with Crippen molar-refractivity contribution in [3.63, 3.8) is 0 Å². The maximum Gasteiger partial charge on any atom is 0.422 e. The SMILES string of the molecule is C[C@@H](NC(=O)C1CC1c1ccc2cnn(C)c2c1)c1ccc(OCC(F)(F)F)s1. The van der Waals surface area contributed by atoms with Crippen molar-refractivity contribution in [3.05, 3.63) is 47.0 Å². The Hall–Kier alpha value is -2.55. The highest BCUT2D eigenvalue weighted by Crippen LogP contribution is 2.48. The van der Waals surface area contributed by atoms with E-state index in [1.54, 1.807) is 6.07 Å². The molecule has 0 saturated heterocycles. The Bertz CT molecular complexity index is 1040. The minimum Gasteiger partial charge on any atom is -0.475 e. The summed E-state index contributed by atoms with van der Waals surface area (Å²) in [4.78, 5) is 13.4. The maximum absolute atomic E-state index is 12.6. The van der Waals surface area contributed by atoms with Crippen LogP contribution in [0, 0.1) is 5.92 Å². The number of rotatable bonds is 6. The number of aryl methyl sites for hydroxylation is 1. The van der Waals surface area contributed by atoms with E-state index in [4.69, 9.17) is 4.74 Å². The van der Waals surface area contributed by atoms with Crippen LogP contribution in [-0.2, 0) is 11.8 Å². The highest BCUT2D eigenvalue weighted by Gasteiger charge is 2.44. The molecule has 2 heterocycles. The summed E-state index contributed by atoms with van der Waals surface area (Å²) < 4.78 is 43.3. The molecule has 3 aromatic rings. The van der Waals surface area contributed by atoms with Gasteiger partial charge in [0.2, 0.25) is 5.91 Å². The number of ether oxygens (including phenoxy) is 1. The van der Waals surface area contributed by atoms with Crippen molar-refractivity contribution >= 4 is 28.1 Å². The van der Waals surface area contributed by atoms with Gasteiger partial charge >= 0.3 is 6.18 Å². The van der Waals surface area contributed by atoms with Crippen LogP contribution in [0.2, 0.25) is 0 Å². The molecule has 1 saturated carbocycles. The molecule has 2 aromatic heterocycles. The van der Waals surface area contributed by atoms with Gasteiger partial charge in [-0.05, 0) is 43.0 Å². The topological polar surface area (TPSA) is 56.2 Å². The van der Waals surface area contributed by atoms with Gasteiger partial charge in [0.05, 0.1) is 17.8 Å². The van der Waals surface area contributed by atoms with Gasteiger partial charge in [-0.25, -0.2) is 0 Å². The van der Waals surface area contributed by atoms with Gasteiger partial charge in [-0.15, -0.1) is 11.3 Å². The molecular formula is C20H20F3N3O2S. The predicted octanol–water partition coefficient (Wildman–Crippen LogP) is 4.56. The second-order valence-electron chi connectivity index (χ2n) is 7.33. The van der Waals surface area contributed by atoms with Crippen LogP contribution in [0.3, 0.4) is 0 Å². The first-order valence-electron chi connectivity index (χ1n) is 9.22. The zero-order valence-corrected chi connectivity index (χ0v) is 16.7. The third kappa shape index (κ3) is 4.39. The molecule has 0 aliphatic heterocycles. The lowest BCUT2D eigenvalue weighted by Gasteiger charge is -2.12. The third-order valence-corrected chi connectivity index (χ3v) is 6.27. The van der Waals surface area contributed by atoms with Gasteiger partial charge in [-0.3, -0.25) is 9.48 Å². The zero-order chi connectivity index (χ0) is 20.8. The molecule has 1 N–H and O–H groups in total. The Morgan fingerprint density at radius 2 is 2.17 bits per heavy atom. The molecule has 29 heavy (non-hydrogen) atoms. The van der Waals surface area contributed by atoms with Crippen molar-refractivity contribution in [1.82, 2.24) is 15.1 Å². The minimum atomic E-state index is -4.37. The van der Waals surface area contributed by atoms with Gasteiger partial charge in [0.15, 0.2) is 11.7 Å². The number of fused-ring (bicyclic) bond motifs is 1. The molecule has 3 atom stereocenters. The molecule has 4 rings (SSSR count). The van der Waals surface area contributed by atoms with E-state index in [1.807, 2.05) is 37.0 Å². The van der Waals surface area contributed by atoms with Crippen LogP contribution in [0.25, 0.3) is 10.9 Å². The number of aromatic nitrogens is 2. The first-order chi connectivity index (χ1) is 13.7. The number of thiophene rings is 1. The summed E-state index contributed by atoms with van der Waals surface area (Å²) >= 11 is 1.11. The van der Waals surface area contributed by atoms with E-state index in [2.05, 4.69) is 16.5 Å². The molecular weight excluding hydrogens is 403 g/mol. The Labute approximate surface area is 169 Å². The number of hydrogen-bond acceptors (Lipinski definition) is 4. The second-order valence-corrected chi connectivity index (χ2v) is 8.40. The Morgan fingerprint density at radius 3 is 2.93 bits per heavy atom. The predicted molar refractivity (Wildman–Crippen MR) is 104 cm³/mol. The van der Waals surface area contributed by atoms with Crippen LogP contribution < -0.4 is 10.1 Å². The van der Waals surface area contributed by atoms with Crippen LogP contribution in [-0.4, -0.2) is 28.5 Å². The van der Waals surface area contributed by atoms with Gasteiger partial charge in [0, 0.05) is 23.2 Å². The summed E-state index contributed by atoms with van der Waals surface area (Å²) in [6.07, 6.45) is -1.78. The van der Waals surface area contributed by atoms with E-state index in [1.165, 1.54) is 6.07 Å². The lowest BCUT2D eigenvalue weighted by molar-refractivity contribution is -0.152. The van der Waals surface area contributed by atoms with E-state index in [9.17, 15) is 18.0 Å². The maximum atomic E-state index is 12.6. The van der Waals surface area contributed by atoms with Gasteiger partial charge in [0.25, 0.3) is 0 Å². The Balaban J connectivity index is 1.35. The van der Waals surface area contributed by atoms with Gasteiger partial charge < -0.3 is 10.1 Å². The standard InChI is InChI=1S/C20H20F3N3O2S/c1-11(17-5-6-18(29-17)28-10-20(21,22)23)25-19(27)15-8-14(15)12-3-4-13-9-24-26(2)16(13)7-12/h3-7,9,11,14-15H,8,10H2,1-2H3,(H,25,27)/t11-,14?,15?/m1/s1. The Morgan fingerprint density at radius 1 is 1.38 bits per heavy atom. The molecule has 2 unspecified atom stereocenters. The fourth-order valence-corrected chi connectivity index (χ4v) is 4.29. The van der Waals surface area contributed by atoms with Crippen LogP contribution in [0.5, 0.6) is 5.06 Å². The summed E-state index contributed by atoms with van der Waals surface area (Å²) in [5.74, 6) is 0.0401. The molecule has 0 radical (unpaired) electrons. The van der Waals surface area contributed by atoms with E-state index in [-0.39, 0.29) is 28.8 Å². The number of amides is 1. The number of hydrogen-bond donors (Lipinski definition) is 1. The van der Waals surface area contributed by atoms with Crippen LogP contribution in [0.15, 0.2) is 36.5 Å². The van der Waals surface area contributed by atoms with Crippen molar-refractivity contribution in [2.24, 2.45) is 13.0 Å². The minimum absolute atomic E-state index is 0.0428. The van der Waals surface area contributed by atoms with Crippen LogP contribution >= 0.6 is 11.3 Å². The highest BCUT2D eigenvalue weighted by molar-refractivity contribution is 7.13. The summed E-state index contributed by atoms with van der Waals surface area (Å²) in [7, 11) is 1.89. The first kappa shape index (κ1) is 19.8. The monoisotopic (exact) mass is 423 g/mol. The van der Waals surface area contributed by atoms with Crippen molar-refractivity contribution in [1.29, 1.82) is 0 Å². The number of halogens is 3. The molecule has 0 spiro atoms. The fraction of sp³-hybridized carbons (Fsp3) is 0.400. The van der Waals surface area contributed by atoms with E-state index in [0.29, 0.717) is 0 Å². The van der Waals surface area contributed by atoms with Gasteiger partial charge in [0.1, 0.15) is 0 Å². The smallest absolute Gasteiger partial charge is 0.422 e. The van der Waals surface area contributed by atoms with Gasteiger partial charge in [-0.2, -0.15) is 18.3 Å². The van der Waals surface area contributed by atoms with E-state index < -0.39 is 12.8 Å². The summed E-state index contributed by atoms with van der Waals surface area (Å²) in [6.45, 7) is 0.495. The molecule has 0 bridgehead atoms. The van der Waals surface area contributed by atoms with Crippen LogP contribution in [0.1, 0.15) is 35.7 Å². The highest BCUT2D eigenvalue weighted by atomic mass is 32.1. The van der Waals surface area contributed by atoms with E-state index >= 15 is 0 Å². The fourth-order valence-electron chi connectivity index (χ4n) is 3.43. The quantitative estimate of drug-likeness (QED) is 0.633. The zero-order valence-electron chi connectivity index (χ0n) is 15.9. The molecule has 5 nitrogen and oxygen atoms in total. The van der Waals surface area contributed by atoms with E-state index in [0.717, 1.165) is 39.1 Å². The molecule has 1 amide bonds. The largest absolute Gasteiger partial charge is 0.475 e. The molecule has 154 valence electrons. The number of carbonyl (C=O) groups excluding carboxylic acids is 1. The normalized spacial score (nSPS) is 19.9. The number of alkyl halides is 3. The number of nitrogens with zero attached hydrogens (tertiary/aromatic N) is 2. The average Bonchev–Trinajstić information content (AvgIpc) is 3.18. The lowest BCUT2D eigenvalue weighted by atomic mass is 10.1. The number of benzene rings is 1. The molecule has 1 aromatic carbocycles. The first-order valence-corrected chi connectivity index (χ1v) is 10.0. The summed E-state index contributed by atoms with van der Waals surface area (Å²) in [5, 5.41) is 8.45.